The van der Waals surface area contributed by atoms with Crippen molar-refractivity contribution < 1.29 is 4.79 Å². The first-order chi connectivity index (χ1) is 13.1. The average molecular weight is 366 g/mol. The summed E-state index contributed by atoms with van der Waals surface area (Å²) in [6.45, 7) is 3.19. The number of nitrogens with zero attached hydrogens (tertiary/aromatic N) is 2. The predicted octanol–water partition coefficient (Wildman–Crippen LogP) is 3.58. The molecule has 0 unspecified atom stereocenters. The van der Waals surface area contributed by atoms with Crippen molar-refractivity contribution in [2.24, 2.45) is 0 Å². The molecule has 4 heteroatoms. The first-order valence-electron chi connectivity index (χ1n) is 9.96. The van der Waals surface area contributed by atoms with E-state index in [1.54, 1.807) is 0 Å². The molecule has 2 aromatic carbocycles. The van der Waals surface area contributed by atoms with Crippen molar-refractivity contribution in [1.29, 1.82) is 0 Å². The second-order valence-electron chi connectivity index (χ2n) is 7.64. The number of likely N-dealkylation sites (tertiary alicyclic amines) is 1. The van der Waals surface area contributed by atoms with Crippen LogP contribution in [-0.4, -0.2) is 50.6 Å². The number of anilines is 1. The second-order valence-corrected chi connectivity index (χ2v) is 7.64. The molecular formula is C23H31N3O. The molecule has 1 aliphatic rings. The van der Waals surface area contributed by atoms with E-state index >= 15 is 0 Å². The molecule has 3 rings (SSSR count). The highest BCUT2D eigenvalue weighted by Crippen LogP contribution is 2.15. The zero-order valence-corrected chi connectivity index (χ0v) is 16.5. The molecule has 0 radical (unpaired) electrons. The standard InChI is InChI=1S/C23H31N3O/c1-25(2)22-14-12-20(13-15-22)23(27)24-21-11-7-17-26(18-21)16-6-10-19-8-4-3-5-9-19/h3-5,8-9,12-15,21H,6-7,10-11,16-18H2,1-2H3,(H,24,27)/t21-/m0/s1. The van der Waals surface area contributed by atoms with Crippen LogP contribution < -0.4 is 10.2 Å². The quantitative estimate of drug-likeness (QED) is 0.815. The molecule has 1 saturated heterocycles. The fraction of sp³-hybridized carbons (Fsp3) is 0.435. The third-order valence-electron chi connectivity index (χ3n) is 5.27. The van der Waals surface area contributed by atoms with Gasteiger partial charge in [-0.25, -0.2) is 0 Å². The highest BCUT2D eigenvalue weighted by molar-refractivity contribution is 5.94. The van der Waals surface area contributed by atoms with Crippen LogP contribution in [0.2, 0.25) is 0 Å². The molecule has 0 saturated carbocycles. The second kappa shape index (κ2) is 9.56. The SMILES string of the molecule is CN(C)c1ccc(C(=O)N[C@H]2CCCN(CCCc3ccccc3)C2)cc1. The molecule has 0 spiro atoms. The van der Waals surface area contributed by atoms with E-state index in [1.807, 2.05) is 43.3 Å². The van der Waals surface area contributed by atoms with Gasteiger partial charge in [0.05, 0.1) is 0 Å². The molecule has 4 nitrogen and oxygen atoms in total. The molecule has 1 atom stereocenters. The summed E-state index contributed by atoms with van der Waals surface area (Å²) in [4.78, 5) is 17.1. The third kappa shape index (κ3) is 5.83. The largest absolute Gasteiger partial charge is 0.378 e. The summed E-state index contributed by atoms with van der Waals surface area (Å²) in [6.07, 6.45) is 4.50. The van der Waals surface area contributed by atoms with E-state index in [0.29, 0.717) is 0 Å². The average Bonchev–Trinajstić information content (AvgIpc) is 2.69. The fourth-order valence-corrected chi connectivity index (χ4v) is 3.71. The van der Waals surface area contributed by atoms with Crippen molar-refractivity contribution in [1.82, 2.24) is 10.2 Å². The maximum absolute atomic E-state index is 12.6. The van der Waals surface area contributed by atoms with E-state index in [9.17, 15) is 4.79 Å². The van der Waals surface area contributed by atoms with Crippen LogP contribution in [0.4, 0.5) is 5.69 Å². The molecule has 2 aromatic rings. The van der Waals surface area contributed by atoms with Crippen LogP contribution in [0.15, 0.2) is 54.6 Å². The molecule has 0 aliphatic carbocycles. The molecule has 144 valence electrons. The molecular weight excluding hydrogens is 334 g/mol. The third-order valence-corrected chi connectivity index (χ3v) is 5.27. The van der Waals surface area contributed by atoms with E-state index < -0.39 is 0 Å². The van der Waals surface area contributed by atoms with Gasteiger partial charge in [0, 0.05) is 37.9 Å². The van der Waals surface area contributed by atoms with Gasteiger partial charge < -0.3 is 15.1 Å². The molecule has 0 bridgehead atoms. The monoisotopic (exact) mass is 365 g/mol. The lowest BCUT2D eigenvalue weighted by Crippen LogP contribution is -2.47. The normalized spacial score (nSPS) is 17.5. The molecule has 0 aromatic heterocycles. The van der Waals surface area contributed by atoms with Crippen molar-refractivity contribution in [3.63, 3.8) is 0 Å². The topological polar surface area (TPSA) is 35.6 Å². The van der Waals surface area contributed by atoms with Crippen LogP contribution in [0.5, 0.6) is 0 Å². The van der Waals surface area contributed by atoms with Crippen molar-refractivity contribution in [2.45, 2.75) is 31.7 Å². The first kappa shape index (κ1) is 19.4. The van der Waals surface area contributed by atoms with Gasteiger partial charge in [-0.15, -0.1) is 0 Å². The number of aryl methyl sites for hydroxylation is 1. The van der Waals surface area contributed by atoms with Crippen LogP contribution in [0.25, 0.3) is 0 Å². The number of amides is 1. The predicted molar refractivity (Wildman–Crippen MR) is 112 cm³/mol. The van der Waals surface area contributed by atoms with Gasteiger partial charge in [0.1, 0.15) is 0 Å². The highest BCUT2D eigenvalue weighted by atomic mass is 16.1. The van der Waals surface area contributed by atoms with Crippen LogP contribution in [0.1, 0.15) is 35.2 Å². The van der Waals surface area contributed by atoms with E-state index in [1.165, 1.54) is 5.56 Å². The minimum absolute atomic E-state index is 0.0384. The van der Waals surface area contributed by atoms with Gasteiger partial charge in [0.25, 0.3) is 5.91 Å². The zero-order chi connectivity index (χ0) is 19.1. The van der Waals surface area contributed by atoms with Gasteiger partial charge in [0.2, 0.25) is 0 Å². The summed E-state index contributed by atoms with van der Waals surface area (Å²) < 4.78 is 0. The van der Waals surface area contributed by atoms with Crippen LogP contribution >= 0.6 is 0 Å². The Morgan fingerprint density at radius 3 is 2.56 bits per heavy atom. The van der Waals surface area contributed by atoms with E-state index in [4.69, 9.17) is 0 Å². The maximum atomic E-state index is 12.6. The zero-order valence-electron chi connectivity index (χ0n) is 16.5. The number of carbonyl (C=O) groups excluding carboxylic acids is 1. The Morgan fingerprint density at radius 1 is 1.11 bits per heavy atom. The number of hydrogen-bond donors (Lipinski definition) is 1. The van der Waals surface area contributed by atoms with Gasteiger partial charge in [-0.3, -0.25) is 4.79 Å². The summed E-state index contributed by atoms with van der Waals surface area (Å²) in [5, 5.41) is 3.23. The Bertz CT molecular complexity index is 712. The Morgan fingerprint density at radius 2 is 1.85 bits per heavy atom. The van der Waals surface area contributed by atoms with Crippen LogP contribution in [0, 0.1) is 0 Å². The lowest BCUT2D eigenvalue weighted by atomic mass is 10.0. The smallest absolute Gasteiger partial charge is 0.251 e. The Balaban J connectivity index is 1.45. The fourth-order valence-electron chi connectivity index (χ4n) is 3.71. The van der Waals surface area contributed by atoms with Crippen LogP contribution in [0.3, 0.4) is 0 Å². The van der Waals surface area contributed by atoms with Gasteiger partial charge in [0.15, 0.2) is 0 Å². The number of piperidine rings is 1. The molecule has 1 fully saturated rings. The number of hydrogen-bond acceptors (Lipinski definition) is 3. The Hall–Kier alpha value is -2.33. The van der Waals surface area contributed by atoms with Crippen molar-refractivity contribution in [3.05, 3.63) is 65.7 Å². The van der Waals surface area contributed by atoms with Gasteiger partial charge in [-0.1, -0.05) is 30.3 Å². The van der Waals surface area contributed by atoms with Crippen LogP contribution in [-0.2, 0) is 6.42 Å². The Labute approximate surface area is 163 Å². The summed E-state index contributed by atoms with van der Waals surface area (Å²) >= 11 is 0. The molecule has 27 heavy (non-hydrogen) atoms. The summed E-state index contributed by atoms with van der Waals surface area (Å²) in [7, 11) is 4.01. The summed E-state index contributed by atoms with van der Waals surface area (Å²) in [6, 6.07) is 18.7. The molecule has 1 amide bonds. The summed E-state index contributed by atoms with van der Waals surface area (Å²) in [5.41, 5.74) is 3.25. The van der Waals surface area contributed by atoms with E-state index in [0.717, 1.165) is 56.6 Å². The lowest BCUT2D eigenvalue weighted by Gasteiger charge is -2.33. The van der Waals surface area contributed by atoms with Gasteiger partial charge in [-0.05, 0) is 68.6 Å². The number of carbonyl (C=O) groups is 1. The minimum Gasteiger partial charge on any atom is -0.378 e. The van der Waals surface area contributed by atoms with Crippen molar-refractivity contribution in [3.8, 4) is 0 Å². The van der Waals surface area contributed by atoms with Gasteiger partial charge >= 0.3 is 0 Å². The number of nitrogens with one attached hydrogen (secondary N) is 1. The van der Waals surface area contributed by atoms with Gasteiger partial charge in [-0.2, -0.15) is 0 Å². The molecule has 1 aliphatic heterocycles. The maximum Gasteiger partial charge on any atom is 0.251 e. The number of rotatable bonds is 7. The first-order valence-corrected chi connectivity index (χ1v) is 9.96. The lowest BCUT2D eigenvalue weighted by molar-refractivity contribution is 0.0903. The minimum atomic E-state index is 0.0384. The van der Waals surface area contributed by atoms with Crippen molar-refractivity contribution >= 4 is 11.6 Å². The Kier molecular flexibility index (Phi) is 6.88. The van der Waals surface area contributed by atoms with E-state index in [2.05, 4.69) is 40.5 Å². The summed E-state index contributed by atoms with van der Waals surface area (Å²) in [5.74, 6) is 0.0384. The highest BCUT2D eigenvalue weighted by Gasteiger charge is 2.21. The number of benzene rings is 2. The molecule has 1 heterocycles. The van der Waals surface area contributed by atoms with E-state index in [-0.39, 0.29) is 11.9 Å². The molecule has 1 N–H and O–H groups in total. The van der Waals surface area contributed by atoms with Crippen molar-refractivity contribution in [2.75, 3.05) is 38.6 Å².